The van der Waals surface area contributed by atoms with Crippen molar-refractivity contribution in [1.82, 2.24) is 15.2 Å². The number of nitrogens with two attached hydrogens (primary N) is 1. The summed E-state index contributed by atoms with van der Waals surface area (Å²) in [4.78, 5) is 0. The standard InChI is InChI=1S/C16H15FN4/c17-14-8-6-12(7-9-14)16(20-18)13-10-19-21(11-13)15-4-2-1-3-5-15/h1-11,16,20H,18H2. The lowest BCUT2D eigenvalue weighted by Gasteiger charge is -2.14. The summed E-state index contributed by atoms with van der Waals surface area (Å²) in [6.07, 6.45) is 3.66. The lowest BCUT2D eigenvalue weighted by atomic mass is 10.0. The Morgan fingerprint density at radius 3 is 2.38 bits per heavy atom. The van der Waals surface area contributed by atoms with Crippen LogP contribution in [-0.4, -0.2) is 9.78 Å². The number of halogens is 1. The molecule has 106 valence electrons. The molecule has 1 aromatic heterocycles. The molecule has 0 saturated carbocycles. The first kappa shape index (κ1) is 13.5. The smallest absolute Gasteiger partial charge is 0.123 e. The minimum Gasteiger partial charge on any atom is -0.271 e. The molecule has 2 aromatic carbocycles. The predicted octanol–water partition coefficient (Wildman–Crippen LogP) is 2.56. The van der Waals surface area contributed by atoms with Gasteiger partial charge in [-0.05, 0) is 29.8 Å². The van der Waals surface area contributed by atoms with Gasteiger partial charge in [-0.2, -0.15) is 5.10 Å². The molecular formula is C16H15FN4. The number of para-hydroxylation sites is 1. The number of hydrogen-bond acceptors (Lipinski definition) is 3. The fraction of sp³-hybridized carbons (Fsp3) is 0.0625. The molecule has 1 atom stereocenters. The average Bonchev–Trinajstić information content (AvgIpc) is 3.00. The lowest BCUT2D eigenvalue weighted by Crippen LogP contribution is -2.28. The molecule has 0 amide bonds. The summed E-state index contributed by atoms with van der Waals surface area (Å²) in [5.41, 5.74) is 5.51. The number of hydrazine groups is 1. The Morgan fingerprint density at radius 2 is 1.71 bits per heavy atom. The Hall–Kier alpha value is -2.50. The zero-order valence-electron chi connectivity index (χ0n) is 11.3. The first-order chi connectivity index (χ1) is 10.3. The average molecular weight is 282 g/mol. The SMILES string of the molecule is NNC(c1ccc(F)cc1)c1cnn(-c2ccccc2)c1. The lowest BCUT2D eigenvalue weighted by molar-refractivity contribution is 0.615. The zero-order valence-corrected chi connectivity index (χ0v) is 11.3. The fourth-order valence-electron chi connectivity index (χ4n) is 2.25. The third kappa shape index (κ3) is 2.84. The summed E-state index contributed by atoms with van der Waals surface area (Å²) in [5.74, 6) is 5.37. The molecular weight excluding hydrogens is 267 g/mol. The minimum atomic E-state index is -0.269. The van der Waals surface area contributed by atoms with E-state index >= 15 is 0 Å². The Kier molecular flexibility index (Phi) is 3.77. The van der Waals surface area contributed by atoms with Crippen LogP contribution >= 0.6 is 0 Å². The molecule has 1 unspecified atom stereocenters. The van der Waals surface area contributed by atoms with Gasteiger partial charge in [-0.15, -0.1) is 0 Å². The van der Waals surface area contributed by atoms with Crippen LogP contribution in [0, 0.1) is 5.82 Å². The summed E-state index contributed by atoms with van der Waals surface area (Å²) in [6, 6.07) is 15.8. The Labute approximate surface area is 122 Å². The topological polar surface area (TPSA) is 55.9 Å². The molecule has 3 aromatic rings. The van der Waals surface area contributed by atoms with Gasteiger partial charge in [0.05, 0.1) is 17.9 Å². The highest BCUT2D eigenvalue weighted by Crippen LogP contribution is 2.22. The van der Waals surface area contributed by atoms with Gasteiger partial charge >= 0.3 is 0 Å². The normalized spacial score (nSPS) is 12.3. The van der Waals surface area contributed by atoms with E-state index in [9.17, 15) is 4.39 Å². The first-order valence-corrected chi connectivity index (χ1v) is 6.59. The van der Waals surface area contributed by atoms with Crippen molar-refractivity contribution in [3.05, 3.63) is 83.9 Å². The molecule has 3 N–H and O–H groups in total. The maximum absolute atomic E-state index is 13.0. The van der Waals surface area contributed by atoms with Crippen LogP contribution in [0.25, 0.3) is 5.69 Å². The molecule has 1 heterocycles. The highest BCUT2D eigenvalue weighted by molar-refractivity contribution is 5.34. The molecule has 0 aliphatic carbocycles. The fourth-order valence-corrected chi connectivity index (χ4v) is 2.25. The molecule has 0 saturated heterocycles. The van der Waals surface area contributed by atoms with E-state index in [4.69, 9.17) is 5.84 Å². The molecule has 0 fully saturated rings. The van der Waals surface area contributed by atoms with Crippen molar-refractivity contribution >= 4 is 0 Å². The number of nitrogens with one attached hydrogen (secondary N) is 1. The predicted molar refractivity (Wildman–Crippen MR) is 79.1 cm³/mol. The zero-order chi connectivity index (χ0) is 14.7. The highest BCUT2D eigenvalue weighted by atomic mass is 19.1. The summed E-state index contributed by atoms with van der Waals surface area (Å²) in [5, 5.41) is 4.35. The molecule has 0 spiro atoms. The van der Waals surface area contributed by atoms with Crippen LogP contribution in [0.2, 0.25) is 0 Å². The van der Waals surface area contributed by atoms with E-state index < -0.39 is 0 Å². The van der Waals surface area contributed by atoms with Crippen LogP contribution in [0.5, 0.6) is 0 Å². The second kappa shape index (κ2) is 5.87. The highest BCUT2D eigenvalue weighted by Gasteiger charge is 2.14. The molecule has 4 nitrogen and oxygen atoms in total. The molecule has 0 radical (unpaired) electrons. The van der Waals surface area contributed by atoms with Crippen LogP contribution in [0.1, 0.15) is 17.2 Å². The molecule has 0 aliphatic rings. The van der Waals surface area contributed by atoms with Crippen LogP contribution in [0.3, 0.4) is 0 Å². The van der Waals surface area contributed by atoms with Crippen LogP contribution in [0.15, 0.2) is 67.0 Å². The van der Waals surface area contributed by atoms with E-state index in [1.165, 1.54) is 12.1 Å². The second-order valence-corrected chi connectivity index (χ2v) is 4.71. The quantitative estimate of drug-likeness (QED) is 0.571. The van der Waals surface area contributed by atoms with Gasteiger partial charge in [0.25, 0.3) is 0 Å². The van der Waals surface area contributed by atoms with Crippen LogP contribution in [-0.2, 0) is 0 Å². The van der Waals surface area contributed by atoms with Gasteiger partial charge in [0.1, 0.15) is 5.82 Å². The van der Waals surface area contributed by atoms with Crippen molar-refractivity contribution in [2.75, 3.05) is 0 Å². The van der Waals surface area contributed by atoms with Gasteiger partial charge in [0, 0.05) is 11.8 Å². The van der Waals surface area contributed by atoms with Crippen LogP contribution in [0.4, 0.5) is 4.39 Å². The molecule has 5 heteroatoms. The summed E-state index contributed by atoms with van der Waals surface area (Å²) >= 11 is 0. The third-order valence-electron chi connectivity index (χ3n) is 3.33. The monoisotopic (exact) mass is 282 g/mol. The number of hydrogen-bond donors (Lipinski definition) is 2. The largest absolute Gasteiger partial charge is 0.271 e. The third-order valence-corrected chi connectivity index (χ3v) is 3.33. The van der Waals surface area contributed by atoms with Crippen molar-refractivity contribution in [3.63, 3.8) is 0 Å². The number of nitrogens with zero attached hydrogens (tertiary/aromatic N) is 2. The van der Waals surface area contributed by atoms with Crippen molar-refractivity contribution in [2.45, 2.75) is 6.04 Å². The van der Waals surface area contributed by atoms with Gasteiger partial charge in [0.15, 0.2) is 0 Å². The molecule has 0 bridgehead atoms. The summed E-state index contributed by atoms with van der Waals surface area (Å²) < 4.78 is 14.8. The van der Waals surface area contributed by atoms with Gasteiger partial charge < -0.3 is 0 Å². The number of benzene rings is 2. The van der Waals surface area contributed by atoms with Gasteiger partial charge in [-0.25, -0.2) is 14.5 Å². The Bertz CT molecular complexity index is 707. The molecule has 0 aliphatic heterocycles. The van der Waals surface area contributed by atoms with Crippen molar-refractivity contribution in [1.29, 1.82) is 0 Å². The van der Waals surface area contributed by atoms with E-state index in [1.807, 2.05) is 36.5 Å². The Balaban J connectivity index is 1.92. The van der Waals surface area contributed by atoms with Crippen molar-refractivity contribution in [3.8, 4) is 5.69 Å². The maximum Gasteiger partial charge on any atom is 0.123 e. The summed E-state index contributed by atoms with van der Waals surface area (Å²) in [6.45, 7) is 0. The number of rotatable bonds is 4. The van der Waals surface area contributed by atoms with Gasteiger partial charge in [0.2, 0.25) is 0 Å². The summed E-state index contributed by atoms with van der Waals surface area (Å²) in [7, 11) is 0. The van der Waals surface area contributed by atoms with Crippen LogP contribution < -0.4 is 11.3 Å². The van der Waals surface area contributed by atoms with Gasteiger partial charge in [-0.1, -0.05) is 30.3 Å². The van der Waals surface area contributed by atoms with Gasteiger partial charge in [-0.3, -0.25) is 5.84 Å². The van der Waals surface area contributed by atoms with E-state index in [0.29, 0.717) is 0 Å². The van der Waals surface area contributed by atoms with Crippen molar-refractivity contribution in [2.24, 2.45) is 5.84 Å². The minimum absolute atomic E-state index is 0.233. The van der Waals surface area contributed by atoms with E-state index in [-0.39, 0.29) is 11.9 Å². The Morgan fingerprint density at radius 1 is 1.00 bits per heavy atom. The van der Waals surface area contributed by atoms with E-state index in [0.717, 1.165) is 16.8 Å². The molecule has 3 rings (SSSR count). The van der Waals surface area contributed by atoms with Crippen molar-refractivity contribution < 1.29 is 4.39 Å². The maximum atomic E-state index is 13.0. The second-order valence-electron chi connectivity index (χ2n) is 4.71. The number of aromatic nitrogens is 2. The molecule has 21 heavy (non-hydrogen) atoms. The first-order valence-electron chi connectivity index (χ1n) is 6.59. The van der Waals surface area contributed by atoms with E-state index in [2.05, 4.69) is 10.5 Å². The van der Waals surface area contributed by atoms with E-state index in [1.54, 1.807) is 23.0 Å².